The number of rotatable bonds is 6. The Morgan fingerprint density at radius 2 is 1.50 bits per heavy atom. The number of fused-ring (bicyclic) bond motifs is 1. The van der Waals surface area contributed by atoms with Gasteiger partial charge in [-0.1, -0.05) is 18.2 Å². The number of sulfonamides is 1. The first-order valence-corrected chi connectivity index (χ1v) is 11.1. The van der Waals surface area contributed by atoms with E-state index in [1.807, 2.05) is 0 Å². The molecule has 2 N–H and O–H groups in total. The van der Waals surface area contributed by atoms with Gasteiger partial charge in [0.15, 0.2) is 0 Å². The minimum atomic E-state index is -3.86. The van der Waals surface area contributed by atoms with Crippen molar-refractivity contribution in [1.29, 1.82) is 0 Å². The molecule has 0 aliphatic carbocycles. The van der Waals surface area contributed by atoms with Crippen molar-refractivity contribution < 1.29 is 22.8 Å². The second-order valence-corrected chi connectivity index (χ2v) is 8.72. The van der Waals surface area contributed by atoms with E-state index >= 15 is 0 Å². The summed E-state index contributed by atoms with van der Waals surface area (Å²) in [6.07, 6.45) is 1.46. The van der Waals surface area contributed by atoms with Gasteiger partial charge in [-0.2, -0.15) is 0 Å². The molecule has 0 fully saturated rings. The second kappa shape index (κ2) is 8.23. The van der Waals surface area contributed by atoms with E-state index in [0.717, 1.165) is 4.90 Å². The topological polar surface area (TPSA) is 126 Å². The van der Waals surface area contributed by atoms with Crippen molar-refractivity contribution in [3.63, 3.8) is 0 Å². The summed E-state index contributed by atoms with van der Waals surface area (Å²) < 4.78 is 27.3. The van der Waals surface area contributed by atoms with Gasteiger partial charge in [0.2, 0.25) is 5.91 Å². The predicted octanol–water partition coefficient (Wildman–Crippen LogP) is 2.51. The molecule has 0 radical (unpaired) electrons. The van der Waals surface area contributed by atoms with Crippen molar-refractivity contribution in [2.24, 2.45) is 0 Å². The Bertz CT molecular complexity index is 1270. The number of imide groups is 1. The number of amides is 3. The van der Waals surface area contributed by atoms with Gasteiger partial charge in [0.1, 0.15) is 11.9 Å². The molecule has 2 aromatic carbocycles. The van der Waals surface area contributed by atoms with Gasteiger partial charge in [0, 0.05) is 11.9 Å². The fourth-order valence-corrected chi connectivity index (χ4v) is 4.27. The molecule has 3 aromatic rings. The maximum atomic E-state index is 12.7. The molecule has 3 amide bonds. The van der Waals surface area contributed by atoms with Crippen molar-refractivity contribution in [1.82, 2.24) is 9.88 Å². The number of hydrogen-bond donors (Lipinski definition) is 2. The molecular weight excluding hydrogens is 432 g/mol. The van der Waals surface area contributed by atoms with Crippen molar-refractivity contribution in [3.05, 3.63) is 84.1 Å². The Balaban J connectivity index is 1.45. The van der Waals surface area contributed by atoms with E-state index in [2.05, 4.69) is 15.0 Å². The monoisotopic (exact) mass is 450 g/mol. The van der Waals surface area contributed by atoms with Crippen LogP contribution in [0.3, 0.4) is 0 Å². The van der Waals surface area contributed by atoms with E-state index in [1.165, 1.54) is 43.5 Å². The first-order valence-electron chi connectivity index (χ1n) is 9.59. The molecular formula is C22H18N4O5S. The third kappa shape index (κ3) is 3.95. The van der Waals surface area contributed by atoms with E-state index in [0.29, 0.717) is 5.69 Å². The lowest BCUT2D eigenvalue weighted by molar-refractivity contribution is -0.119. The first kappa shape index (κ1) is 21.2. The number of nitrogens with one attached hydrogen (secondary N) is 2. The highest BCUT2D eigenvalue weighted by atomic mass is 32.2. The largest absolute Gasteiger partial charge is 0.324 e. The zero-order valence-corrected chi connectivity index (χ0v) is 17.7. The lowest BCUT2D eigenvalue weighted by atomic mass is 10.1. The minimum absolute atomic E-state index is 0.0189. The smallest absolute Gasteiger partial charge is 0.263 e. The predicted molar refractivity (Wildman–Crippen MR) is 117 cm³/mol. The molecule has 32 heavy (non-hydrogen) atoms. The molecule has 1 aliphatic rings. The summed E-state index contributed by atoms with van der Waals surface area (Å²) in [5.74, 6) is -1.47. The zero-order chi connectivity index (χ0) is 22.9. The van der Waals surface area contributed by atoms with Crippen LogP contribution >= 0.6 is 0 Å². The van der Waals surface area contributed by atoms with Gasteiger partial charge < -0.3 is 5.32 Å². The Morgan fingerprint density at radius 3 is 2.06 bits per heavy atom. The summed E-state index contributed by atoms with van der Waals surface area (Å²) >= 11 is 0. The highest BCUT2D eigenvalue weighted by molar-refractivity contribution is 7.92. The number of hydrogen-bond acceptors (Lipinski definition) is 6. The SMILES string of the molecule is CC(C(=O)Nc1ccc(S(=O)(=O)Nc2ccccn2)cc1)N1C(=O)c2ccccc2C1=O. The maximum absolute atomic E-state index is 12.7. The Morgan fingerprint density at radius 1 is 0.906 bits per heavy atom. The van der Waals surface area contributed by atoms with E-state index in [4.69, 9.17) is 0 Å². The second-order valence-electron chi connectivity index (χ2n) is 7.04. The van der Waals surface area contributed by atoms with Crippen LogP contribution in [0.1, 0.15) is 27.6 Å². The summed E-state index contributed by atoms with van der Waals surface area (Å²) in [5, 5.41) is 2.60. The van der Waals surface area contributed by atoms with Crippen molar-refractivity contribution >= 4 is 39.3 Å². The third-order valence-electron chi connectivity index (χ3n) is 4.93. The van der Waals surface area contributed by atoms with Gasteiger partial charge in [0.25, 0.3) is 21.8 Å². The van der Waals surface area contributed by atoms with E-state index in [-0.39, 0.29) is 21.8 Å². The number of nitrogens with zero attached hydrogens (tertiary/aromatic N) is 2. The average Bonchev–Trinajstić information content (AvgIpc) is 3.04. The summed E-state index contributed by atoms with van der Waals surface area (Å²) in [7, 11) is -3.86. The number of carbonyl (C=O) groups is 3. The Kier molecular flexibility index (Phi) is 5.45. The van der Waals surface area contributed by atoms with Crippen LogP contribution in [-0.4, -0.2) is 42.1 Å². The quantitative estimate of drug-likeness (QED) is 0.556. The summed E-state index contributed by atoms with van der Waals surface area (Å²) in [5.41, 5.74) is 0.828. The molecule has 0 saturated carbocycles. The van der Waals surface area contributed by atoms with E-state index in [9.17, 15) is 22.8 Å². The van der Waals surface area contributed by atoms with Crippen LogP contribution in [0.15, 0.2) is 77.8 Å². The molecule has 0 saturated heterocycles. The van der Waals surface area contributed by atoms with Gasteiger partial charge in [-0.05, 0) is 55.5 Å². The van der Waals surface area contributed by atoms with Crippen molar-refractivity contribution in [2.45, 2.75) is 17.9 Å². The lowest BCUT2D eigenvalue weighted by Gasteiger charge is -2.21. The number of aromatic nitrogens is 1. The summed E-state index contributed by atoms with van der Waals surface area (Å²) in [6, 6.07) is 15.6. The van der Waals surface area contributed by atoms with Crippen LogP contribution in [0.2, 0.25) is 0 Å². The average molecular weight is 450 g/mol. The van der Waals surface area contributed by atoms with Crippen LogP contribution in [0.5, 0.6) is 0 Å². The fraction of sp³-hybridized carbons (Fsp3) is 0.0909. The van der Waals surface area contributed by atoms with Gasteiger partial charge >= 0.3 is 0 Å². The maximum Gasteiger partial charge on any atom is 0.263 e. The normalized spacial score (nSPS) is 14.1. The van der Waals surface area contributed by atoms with E-state index in [1.54, 1.807) is 36.4 Å². The molecule has 2 heterocycles. The Labute approximate surface area is 184 Å². The van der Waals surface area contributed by atoms with Crippen LogP contribution in [0.4, 0.5) is 11.5 Å². The molecule has 1 atom stereocenters. The summed E-state index contributed by atoms with van der Waals surface area (Å²) in [6.45, 7) is 1.45. The number of anilines is 2. The molecule has 1 unspecified atom stereocenters. The van der Waals surface area contributed by atoms with Crippen LogP contribution in [0.25, 0.3) is 0 Å². The zero-order valence-electron chi connectivity index (χ0n) is 16.8. The van der Waals surface area contributed by atoms with Crippen LogP contribution < -0.4 is 10.0 Å². The molecule has 1 aliphatic heterocycles. The molecule has 162 valence electrons. The van der Waals surface area contributed by atoms with Gasteiger partial charge in [-0.15, -0.1) is 0 Å². The molecule has 10 heteroatoms. The molecule has 9 nitrogen and oxygen atoms in total. The van der Waals surface area contributed by atoms with Gasteiger partial charge in [0.05, 0.1) is 16.0 Å². The minimum Gasteiger partial charge on any atom is -0.324 e. The van der Waals surface area contributed by atoms with Crippen LogP contribution in [0, 0.1) is 0 Å². The molecule has 0 spiro atoms. The van der Waals surface area contributed by atoms with E-state index < -0.39 is 33.8 Å². The number of benzene rings is 2. The Hall–Kier alpha value is -4.05. The molecule has 4 rings (SSSR count). The van der Waals surface area contributed by atoms with Crippen LogP contribution in [-0.2, 0) is 14.8 Å². The van der Waals surface area contributed by atoms with Crippen molar-refractivity contribution in [2.75, 3.05) is 10.0 Å². The first-order chi connectivity index (χ1) is 15.3. The highest BCUT2D eigenvalue weighted by Crippen LogP contribution is 2.25. The number of carbonyl (C=O) groups excluding carboxylic acids is 3. The third-order valence-corrected chi connectivity index (χ3v) is 6.30. The van der Waals surface area contributed by atoms with Gasteiger partial charge in [-0.25, -0.2) is 13.4 Å². The molecule has 1 aromatic heterocycles. The molecule has 0 bridgehead atoms. The fourth-order valence-electron chi connectivity index (χ4n) is 3.26. The lowest BCUT2D eigenvalue weighted by Crippen LogP contribution is -2.45. The summed E-state index contributed by atoms with van der Waals surface area (Å²) in [4.78, 5) is 42.6. The standard InChI is InChI=1S/C22H18N4O5S/c1-14(26-21(28)17-6-2-3-7-18(17)22(26)29)20(27)24-15-9-11-16(12-10-15)32(30,31)25-19-8-4-5-13-23-19/h2-14H,1H3,(H,23,25)(H,24,27). The van der Waals surface area contributed by atoms with Gasteiger partial charge in [-0.3, -0.25) is 24.0 Å². The number of pyridine rings is 1. The highest BCUT2D eigenvalue weighted by Gasteiger charge is 2.40. The van der Waals surface area contributed by atoms with Crippen molar-refractivity contribution in [3.8, 4) is 0 Å².